The van der Waals surface area contributed by atoms with Crippen molar-refractivity contribution in [3.8, 4) is 0 Å². The SMILES string of the molecule is C/C=C(/C)C(=O)O[C@H]1[C@H](OC(C)=O)[C@]2(C)[C@H](CCC[C@]23CO3)[C@@]2(C)CC[C@]3(COC(=O)C3)O[C@@]12C. The number of hydrogen-bond acceptors (Lipinski definition) is 8. The van der Waals surface area contributed by atoms with E-state index in [1.165, 1.54) is 6.92 Å². The Kier molecular flexibility index (Phi) is 5.50. The molecule has 2 aliphatic carbocycles. The van der Waals surface area contributed by atoms with Crippen molar-refractivity contribution in [2.75, 3.05) is 13.2 Å². The smallest absolute Gasteiger partial charge is 0.333 e. The Labute approximate surface area is 207 Å². The van der Waals surface area contributed by atoms with E-state index in [0.29, 0.717) is 18.6 Å². The second-order valence-corrected chi connectivity index (χ2v) is 12.0. The summed E-state index contributed by atoms with van der Waals surface area (Å²) in [7, 11) is 0. The van der Waals surface area contributed by atoms with Gasteiger partial charge in [-0.3, -0.25) is 9.59 Å². The molecule has 0 amide bonds. The van der Waals surface area contributed by atoms with Gasteiger partial charge in [-0.1, -0.05) is 26.3 Å². The monoisotopic (exact) mass is 490 g/mol. The maximum absolute atomic E-state index is 13.2. The van der Waals surface area contributed by atoms with Gasteiger partial charge in [0, 0.05) is 23.3 Å². The fourth-order valence-corrected chi connectivity index (χ4v) is 7.99. The molecule has 0 aromatic rings. The summed E-state index contributed by atoms with van der Waals surface area (Å²) < 4.78 is 30.8. The highest BCUT2D eigenvalue weighted by Crippen LogP contribution is 2.72. The van der Waals surface area contributed by atoms with E-state index < -0.39 is 51.8 Å². The van der Waals surface area contributed by atoms with Gasteiger partial charge in [0.15, 0.2) is 6.10 Å². The van der Waals surface area contributed by atoms with Crippen LogP contribution in [0.25, 0.3) is 0 Å². The Morgan fingerprint density at radius 2 is 1.74 bits per heavy atom. The summed E-state index contributed by atoms with van der Waals surface area (Å²) in [5, 5.41) is 0. The molecule has 3 saturated heterocycles. The van der Waals surface area contributed by atoms with Crippen molar-refractivity contribution in [3.63, 3.8) is 0 Å². The van der Waals surface area contributed by atoms with Crippen LogP contribution in [0.2, 0.25) is 0 Å². The van der Waals surface area contributed by atoms with Crippen molar-refractivity contribution < 1.29 is 38.1 Å². The van der Waals surface area contributed by atoms with Gasteiger partial charge in [-0.15, -0.1) is 0 Å². The van der Waals surface area contributed by atoms with Gasteiger partial charge >= 0.3 is 17.9 Å². The highest BCUT2D eigenvalue weighted by Gasteiger charge is 2.80. The van der Waals surface area contributed by atoms with Crippen LogP contribution in [-0.2, 0) is 38.1 Å². The first-order chi connectivity index (χ1) is 16.4. The number of hydrogen-bond donors (Lipinski definition) is 0. The highest BCUT2D eigenvalue weighted by atomic mass is 16.6. The van der Waals surface area contributed by atoms with Gasteiger partial charge in [-0.25, -0.2) is 4.79 Å². The summed E-state index contributed by atoms with van der Waals surface area (Å²) in [6.45, 7) is 12.0. The third-order valence-electron chi connectivity index (χ3n) is 10.4. The second kappa shape index (κ2) is 7.78. The minimum Gasteiger partial charge on any atom is -0.463 e. The summed E-state index contributed by atoms with van der Waals surface area (Å²) in [6.07, 6.45) is 4.51. The lowest BCUT2D eigenvalue weighted by Gasteiger charge is -2.70. The molecule has 8 atom stereocenters. The van der Waals surface area contributed by atoms with Crippen LogP contribution in [0.3, 0.4) is 0 Å². The molecule has 35 heavy (non-hydrogen) atoms. The van der Waals surface area contributed by atoms with Gasteiger partial charge in [-0.05, 0) is 52.4 Å². The average molecular weight is 491 g/mol. The van der Waals surface area contributed by atoms with Gasteiger partial charge in [-0.2, -0.15) is 0 Å². The number of allylic oxidation sites excluding steroid dienone is 1. The molecule has 194 valence electrons. The summed E-state index contributed by atoms with van der Waals surface area (Å²) in [5.74, 6) is -1.08. The molecule has 2 saturated carbocycles. The highest BCUT2D eigenvalue weighted by molar-refractivity contribution is 5.88. The third kappa shape index (κ3) is 3.28. The summed E-state index contributed by atoms with van der Waals surface area (Å²) in [6, 6.07) is 0. The number of carbonyl (C=O) groups excluding carboxylic acids is 3. The van der Waals surface area contributed by atoms with Crippen molar-refractivity contribution in [1.82, 2.24) is 0 Å². The molecule has 0 aromatic carbocycles. The predicted molar refractivity (Wildman–Crippen MR) is 124 cm³/mol. The molecule has 0 N–H and O–H groups in total. The molecule has 5 rings (SSSR count). The molecule has 8 heteroatoms. The molecular weight excluding hydrogens is 452 g/mol. The lowest BCUT2D eigenvalue weighted by atomic mass is 9.40. The Morgan fingerprint density at radius 1 is 1.03 bits per heavy atom. The first-order valence-electron chi connectivity index (χ1n) is 12.9. The molecule has 3 heterocycles. The zero-order chi connectivity index (χ0) is 25.4. The minimum atomic E-state index is -1.01. The van der Waals surface area contributed by atoms with E-state index in [1.54, 1.807) is 19.9 Å². The van der Waals surface area contributed by atoms with Crippen LogP contribution in [-0.4, -0.2) is 60.1 Å². The van der Waals surface area contributed by atoms with E-state index in [2.05, 4.69) is 13.8 Å². The van der Waals surface area contributed by atoms with Gasteiger partial charge < -0.3 is 23.7 Å². The first kappa shape index (κ1) is 24.8. The number of ether oxygens (including phenoxy) is 5. The van der Waals surface area contributed by atoms with E-state index in [4.69, 9.17) is 23.7 Å². The van der Waals surface area contributed by atoms with E-state index in [9.17, 15) is 14.4 Å². The quantitative estimate of drug-likeness (QED) is 0.256. The van der Waals surface area contributed by atoms with Gasteiger partial charge in [0.2, 0.25) is 0 Å². The van der Waals surface area contributed by atoms with Crippen molar-refractivity contribution in [3.05, 3.63) is 11.6 Å². The van der Waals surface area contributed by atoms with Crippen LogP contribution in [0.1, 0.15) is 80.1 Å². The standard InChI is InChI=1S/C27H38O8/c1-7-16(2)22(30)34-21-20(33-17(3)28)24(5)18(9-8-10-27(24)15-32-27)23(4)11-12-26(35-25(21,23)6)13-19(29)31-14-26/h7,18,20-21H,8-15H2,1-6H3/b16-7-/t18-,20+,21+,23-,24+,25+,26+,27+/m1/s1. The van der Waals surface area contributed by atoms with E-state index in [-0.39, 0.29) is 24.9 Å². The van der Waals surface area contributed by atoms with Crippen LogP contribution in [0.15, 0.2) is 11.6 Å². The van der Waals surface area contributed by atoms with Crippen LogP contribution < -0.4 is 0 Å². The molecule has 5 aliphatic rings. The molecule has 0 unspecified atom stereocenters. The van der Waals surface area contributed by atoms with Crippen molar-refractivity contribution in [2.45, 2.75) is 109 Å². The Hall–Kier alpha value is -1.93. The zero-order valence-corrected chi connectivity index (χ0v) is 21.7. The van der Waals surface area contributed by atoms with E-state index >= 15 is 0 Å². The fraction of sp³-hybridized carbons (Fsp3) is 0.815. The van der Waals surface area contributed by atoms with Gasteiger partial charge in [0.1, 0.15) is 29.5 Å². The second-order valence-electron chi connectivity index (χ2n) is 12.0. The number of carbonyl (C=O) groups is 3. The number of cyclic esters (lactones) is 1. The molecular formula is C27H38O8. The van der Waals surface area contributed by atoms with Crippen molar-refractivity contribution in [2.24, 2.45) is 16.7 Å². The molecule has 2 spiro atoms. The molecule has 0 aromatic heterocycles. The normalized spacial score (nSPS) is 48.7. The molecule has 5 fully saturated rings. The number of rotatable bonds is 3. The summed E-state index contributed by atoms with van der Waals surface area (Å²) in [5.41, 5.74) is -2.71. The Bertz CT molecular complexity index is 984. The fourth-order valence-electron chi connectivity index (χ4n) is 7.99. The molecule has 0 bridgehead atoms. The topological polar surface area (TPSA) is 101 Å². The largest absolute Gasteiger partial charge is 0.463 e. The Balaban J connectivity index is 1.68. The maximum atomic E-state index is 13.2. The van der Waals surface area contributed by atoms with Crippen LogP contribution in [0, 0.1) is 16.7 Å². The Morgan fingerprint density at radius 3 is 2.31 bits per heavy atom. The lowest BCUT2D eigenvalue weighted by Crippen LogP contribution is -2.79. The zero-order valence-electron chi connectivity index (χ0n) is 21.7. The van der Waals surface area contributed by atoms with E-state index in [0.717, 1.165) is 25.7 Å². The number of fused-ring (bicyclic) bond motifs is 4. The molecule has 8 nitrogen and oxygen atoms in total. The molecule has 3 aliphatic heterocycles. The average Bonchev–Trinajstić information content (AvgIpc) is 3.50. The number of epoxide rings is 1. The van der Waals surface area contributed by atoms with Crippen molar-refractivity contribution in [1.29, 1.82) is 0 Å². The third-order valence-corrected chi connectivity index (χ3v) is 10.4. The molecule has 0 radical (unpaired) electrons. The maximum Gasteiger partial charge on any atom is 0.333 e. The summed E-state index contributed by atoms with van der Waals surface area (Å²) >= 11 is 0. The van der Waals surface area contributed by atoms with Gasteiger partial charge in [0.05, 0.1) is 13.0 Å². The van der Waals surface area contributed by atoms with Crippen LogP contribution in [0.4, 0.5) is 0 Å². The number of esters is 3. The first-order valence-corrected chi connectivity index (χ1v) is 12.9. The van der Waals surface area contributed by atoms with E-state index in [1.807, 2.05) is 6.92 Å². The van der Waals surface area contributed by atoms with Crippen LogP contribution in [0.5, 0.6) is 0 Å². The summed E-state index contributed by atoms with van der Waals surface area (Å²) in [4.78, 5) is 37.9. The van der Waals surface area contributed by atoms with Gasteiger partial charge in [0.25, 0.3) is 0 Å². The predicted octanol–water partition coefficient (Wildman–Crippen LogP) is 3.65. The lowest BCUT2D eigenvalue weighted by molar-refractivity contribution is -0.355. The minimum absolute atomic E-state index is 0.105. The van der Waals surface area contributed by atoms with Crippen LogP contribution >= 0.6 is 0 Å². The van der Waals surface area contributed by atoms with Crippen molar-refractivity contribution >= 4 is 17.9 Å².